The molecule has 2 aromatic rings. The number of nitrogens with zero attached hydrogens (tertiary/aromatic N) is 4. The second kappa shape index (κ2) is 7.60. The Morgan fingerprint density at radius 3 is 2.17 bits per heavy atom. The second-order valence-corrected chi connectivity index (χ2v) is 9.39. The van der Waals surface area contributed by atoms with Gasteiger partial charge in [-0.3, -0.25) is 0 Å². The van der Waals surface area contributed by atoms with E-state index < -0.39 is 0 Å². The zero-order valence-electron chi connectivity index (χ0n) is 17.5. The lowest BCUT2D eigenvalue weighted by molar-refractivity contribution is 0.0306. The highest BCUT2D eigenvalue weighted by Gasteiger charge is 2.39. The highest BCUT2D eigenvalue weighted by atomic mass is 16.1. The predicted octanol–water partition coefficient (Wildman–Crippen LogP) is 3.68. The van der Waals surface area contributed by atoms with Crippen molar-refractivity contribution in [3.8, 4) is 11.1 Å². The topological polar surface area (TPSA) is 41.4 Å². The van der Waals surface area contributed by atoms with Gasteiger partial charge in [0.15, 0.2) is 0 Å². The molecule has 1 aliphatic carbocycles. The minimum atomic E-state index is -0.217. The molecule has 1 aromatic carbocycles. The van der Waals surface area contributed by atoms with E-state index in [1.165, 1.54) is 81.4 Å². The first-order valence-electron chi connectivity index (χ1n) is 11.2. The molecule has 2 aliphatic heterocycles. The lowest BCUT2D eigenvalue weighted by Crippen LogP contribution is -2.50. The van der Waals surface area contributed by atoms with E-state index in [9.17, 15) is 4.79 Å². The minimum absolute atomic E-state index is 0.217. The van der Waals surface area contributed by atoms with Crippen LogP contribution in [0.5, 0.6) is 0 Å². The van der Waals surface area contributed by atoms with Gasteiger partial charge in [-0.05, 0) is 74.7 Å². The van der Waals surface area contributed by atoms with Crippen molar-refractivity contribution in [2.75, 3.05) is 31.1 Å². The van der Waals surface area contributed by atoms with E-state index in [0.717, 1.165) is 17.2 Å². The molecule has 1 saturated carbocycles. The standard InChI is InChI=1S/C24H32N4O/c1-26-18-20(17-25-23(26)29)19-5-7-22(8-6-19)28-15-11-24(12-16-28)9-13-27(14-10-24)21-3-2-4-21/h5-8,17-18,21H,2-4,9-16H2,1H3. The number of likely N-dealkylation sites (tertiary alicyclic amines) is 1. The van der Waals surface area contributed by atoms with E-state index in [1.54, 1.807) is 13.2 Å². The number of benzene rings is 1. The van der Waals surface area contributed by atoms with Crippen LogP contribution in [-0.2, 0) is 7.05 Å². The number of hydrogen-bond acceptors (Lipinski definition) is 4. The molecule has 5 rings (SSSR count). The Morgan fingerprint density at radius 1 is 0.931 bits per heavy atom. The zero-order chi connectivity index (χ0) is 19.8. The third kappa shape index (κ3) is 3.73. The van der Waals surface area contributed by atoms with Crippen LogP contribution in [0.2, 0.25) is 0 Å². The highest BCUT2D eigenvalue weighted by molar-refractivity contribution is 5.65. The number of piperidine rings is 2. The number of rotatable bonds is 3. The predicted molar refractivity (Wildman–Crippen MR) is 117 cm³/mol. The van der Waals surface area contributed by atoms with E-state index in [0.29, 0.717) is 5.41 Å². The molecule has 5 heteroatoms. The molecular formula is C24H32N4O. The molecule has 154 valence electrons. The Bertz CT molecular complexity index is 897. The van der Waals surface area contributed by atoms with Crippen molar-refractivity contribution in [2.45, 2.75) is 51.0 Å². The van der Waals surface area contributed by atoms with Crippen molar-refractivity contribution in [1.82, 2.24) is 14.5 Å². The van der Waals surface area contributed by atoms with Crippen LogP contribution in [0.25, 0.3) is 11.1 Å². The number of aryl methyl sites for hydroxylation is 1. The van der Waals surface area contributed by atoms with Gasteiger partial charge in [0, 0.05) is 49.8 Å². The first-order valence-corrected chi connectivity index (χ1v) is 11.2. The molecule has 0 amide bonds. The summed E-state index contributed by atoms with van der Waals surface area (Å²) in [5.41, 5.74) is 3.78. The van der Waals surface area contributed by atoms with E-state index in [-0.39, 0.29) is 5.69 Å². The fraction of sp³-hybridized carbons (Fsp3) is 0.583. The number of anilines is 1. The fourth-order valence-electron chi connectivity index (χ4n) is 5.38. The van der Waals surface area contributed by atoms with Crippen molar-refractivity contribution in [2.24, 2.45) is 12.5 Å². The number of hydrogen-bond donors (Lipinski definition) is 0. The molecule has 1 aromatic heterocycles. The highest BCUT2D eigenvalue weighted by Crippen LogP contribution is 2.43. The molecule has 0 bridgehead atoms. The molecular weight excluding hydrogens is 360 g/mol. The third-order valence-corrected chi connectivity index (χ3v) is 7.79. The quantitative estimate of drug-likeness (QED) is 0.799. The first-order chi connectivity index (χ1) is 14.1. The van der Waals surface area contributed by atoms with Gasteiger partial charge in [-0.25, -0.2) is 9.78 Å². The molecule has 0 radical (unpaired) electrons. The average Bonchev–Trinajstić information content (AvgIpc) is 2.71. The van der Waals surface area contributed by atoms with Crippen LogP contribution in [0.3, 0.4) is 0 Å². The van der Waals surface area contributed by atoms with Crippen LogP contribution in [-0.4, -0.2) is 46.7 Å². The molecule has 0 unspecified atom stereocenters. The molecule has 5 nitrogen and oxygen atoms in total. The summed E-state index contributed by atoms with van der Waals surface area (Å²) in [6.45, 7) is 4.99. The molecule has 1 spiro atoms. The van der Waals surface area contributed by atoms with Crippen molar-refractivity contribution in [1.29, 1.82) is 0 Å². The van der Waals surface area contributed by atoms with Gasteiger partial charge in [0.05, 0.1) is 0 Å². The molecule has 3 heterocycles. The molecule has 3 fully saturated rings. The van der Waals surface area contributed by atoms with E-state index >= 15 is 0 Å². The smallest absolute Gasteiger partial charge is 0.347 e. The maximum atomic E-state index is 11.5. The number of aromatic nitrogens is 2. The van der Waals surface area contributed by atoms with Gasteiger partial charge in [-0.2, -0.15) is 0 Å². The third-order valence-electron chi connectivity index (χ3n) is 7.79. The van der Waals surface area contributed by atoms with Crippen LogP contribution < -0.4 is 10.6 Å². The van der Waals surface area contributed by atoms with Crippen LogP contribution in [0, 0.1) is 5.41 Å². The minimum Gasteiger partial charge on any atom is -0.371 e. The Hall–Kier alpha value is -2.14. The summed E-state index contributed by atoms with van der Waals surface area (Å²) in [5.74, 6) is 0. The summed E-state index contributed by atoms with van der Waals surface area (Å²) in [6, 6.07) is 9.65. The van der Waals surface area contributed by atoms with E-state index in [1.807, 2.05) is 6.20 Å². The van der Waals surface area contributed by atoms with Crippen LogP contribution in [0.15, 0.2) is 41.5 Å². The second-order valence-electron chi connectivity index (χ2n) is 9.39. The van der Waals surface area contributed by atoms with Gasteiger partial charge < -0.3 is 14.4 Å². The van der Waals surface area contributed by atoms with Crippen LogP contribution >= 0.6 is 0 Å². The Labute approximate surface area is 173 Å². The lowest BCUT2D eigenvalue weighted by atomic mass is 9.70. The van der Waals surface area contributed by atoms with Gasteiger partial charge in [0.2, 0.25) is 0 Å². The van der Waals surface area contributed by atoms with Crippen molar-refractivity contribution in [3.63, 3.8) is 0 Å². The molecule has 2 saturated heterocycles. The summed E-state index contributed by atoms with van der Waals surface area (Å²) < 4.78 is 1.53. The van der Waals surface area contributed by atoms with Gasteiger partial charge in [0.25, 0.3) is 0 Å². The normalized spacial score (nSPS) is 22.6. The lowest BCUT2D eigenvalue weighted by Gasteiger charge is -2.50. The van der Waals surface area contributed by atoms with Crippen molar-refractivity contribution >= 4 is 5.69 Å². The van der Waals surface area contributed by atoms with Crippen molar-refractivity contribution < 1.29 is 0 Å². The SMILES string of the molecule is Cn1cc(-c2ccc(N3CCC4(CC3)CCN(C3CCC3)CC4)cc2)cnc1=O. The largest absolute Gasteiger partial charge is 0.371 e. The Morgan fingerprint density at radius 2 is 1.59 bits per heavy atom. The van der Waals surface area contributed by atoms with Crippen LogP contribution in [0.1, 0.15) is 44.9 Å². The summed E-state index contributed by atoms with van der Waals surface area (Å²) >= 11 is 0. The Balaban J connectivity index is 1.20. The fourth-order valence-corrected chi connectivity index (χ4v) is 5.38. The average molecular weight is 393 g/mol. The van der Waals surface area contributed by atoms with E-state index in [2.05, 4.69) is 39.0 Å². The Kier molecular flexibility index (Phi) is 4.94. The van der Waals surface area contributed by atoms with Gasteiger partial charge in [0.1, 0.15) is 0 Å². The summed E-state index contributed by atoms with van der Waals surface area (Å²) in [7, 11) is 1.74. The molecule has 3 aliphatic rings. The molecule has 29 heavy (non-hydrogen) atoms. The summed E-state index contributed by atoms with van der Waals surface area (Å²) in [4.78, 5) is 20.8. The monoisotopic (exact) mass is 392 g/mol. The van der Waals surface area contributed by atoms with Gasteiger partial charge >= 0.3 is 5.69 Å². The molecule has 0 atom stereocenters. The van der Waals surface area contributed by atoms with E-state index in [4.69, 9.17) is 0 Å². The maximum Gasteiger partial charge on any atom is 0.347 e. The van der Waals surface area contributed by atoms with Gasteiger partial charge in [-0.1, -0.05) is 18.6 Å². The summed E-state index contributed by atoms with van der Waals surface area (Å²) in [5, 5.41) is 0. The zero-order valence-corrected chi connectivity index (χ0v) is 17.5. The van der Waals surface area contributed by atoms with Crippen LogP contribution in [0.4, 0.5) is 5.69 Å². The summed E-state index contributed by atoms with van der Waals surface area (Å²) in [6.07, 6.45) is 13.3. The van der Waals surface area contributed by atoms with Crippen molar-refractivity contribution in [3.05, 3.63) is 47.1 Å². The first kappa shape index (κ1) is 18.9. The maximum absolute atomic E-state index is 11.5. The van der Waals surface area contributed by atoms with Gasteiger partial charge in [-0.15, -0.1) is 0 Å². The molecule has 0 N–H and O–H groups in total.